The summed E-state index contributed by atoms with van der Waals surface area (Å²) in [5, 5.41) is 9.33. The minimum atomic E-state index is -0.381. The zero-order valence-corrected chi connectivity index (χ0v) is 15.4. The number of rotatable bonds is 4. The van der Waals surface area contributed by atoms with Gasteiger partial charge in [0.15, 0.2) is 0 Å². The maximum absolute atomic E-state index is 13.4. The molecule has 1 aromatic heterocycles. The van der Waals surface area contributed by atoms with Gasteiger partial charge in [-0.15, -0.1) is 0 Å². The van der Waals surface area contributed by atoms with Crippen LogP contribution in [0, 0.1) is 17.1 Å². The number of piperidine rings is 1. The van der Waals surface area contributed by atoms with Crippen LogP contribution in [0.1, 0.15) is 18.4 Å². The van der Waals surface area contributed by atoms with E-state index >= 15 is 0 Å². The second-order valence-corrected chi connectivity index (χ2v) is 6.74. The smallest absolute Gasteiger partial charge is 0.226 e. The Hall–Kier alpha value is -2.88. The quantitative estimate of drug-likeness (QED) is 0.841. The molecule has 1 unspecified atom stereocenters. The van der Waals surface area contributed by atoms with Crippen molar-refractivity contribution in [3.8, 4) is 6.07 Å². The molecular weight excluding hydrogens is 331 g/mol. The van der Waals surface area contributed by atoms with E-state index in [1.54, 1.807) is 12.3 Å². The monoisotopic (exact) mass is 354 g/mol. The molecule has 1 saturated heterocycles. The lowest BCUT2D eigenvalue weighted by molar-refractivity contribution is 0.485. The van der Waals surface area contributed by atoms with Crippen molar-refractivity contribution in [1.82, 2.24) is 9.97 Å². The number of hydrogen-bond acceptors (Lipinski definition) is 6. The fourth-order valence-corrected chi connectivity index (χ4v) is 3.30. The summed E-state index contributed by atoms with van der Waals surface area (Å²) in [5.41, 5.74) is 1.17. The molecule has 7 heteroatoms. The van der Waals surface area contributed by atoms with Crippen LogP contribution in [-0.4, -0.2) is 50.2 Å². The molecule has 2 heterocycles. The summed E-state index contributed by atoms with van der Waals surface area (Å²) in [6.07, 6.45) is 3.81. The molecule has 26 heavy (non-hydrogen) atoms. The molecule has 1 aliphatic rings. The lowest BCUT2D eigenvalue weighted by atomic mass is 10.0. The van der Waals surface area contributed by atoms with Crippen molar-refractivity contribution in [2.45, 2.75) is 18.9 Å². The van der Waals surface area contributed by atoms with E-state index in [1.165, 1.54) is 12.1 Å². The molecule has 0 amide bonds. The van der Waals surface area contributed by atoms with Gasteiger partial charge in [-0.1, -0.05) is 0 Å². The molecule has 0 radical (unpaired) electrons. The van der Waals surface area contributed by atoms with Gasteiger partial charge in [0.1, 0.15) is 17.7 Å². The summed E-state index contributed by atoms with van der Waals surface area (Å²) in [5.74, 6) is 1.16. The maximum Gasteiger partial charge on any atom is 0.226 e. The van der Waals surface area contributed by atoms with Gasteiger partial charge in [-0.25, -0.2) is 9.37 Å². The Kier molecular flexibility index (Phi) is 5.21. The molecule has 3 rings (SSSR count). The van der Waals surface area contributed by atoms with Crippen molar-refractivity contribution >= 4 is 17.5 Å². The average Bonchev–Trinajstić information content (AvgIpc) is 2.67. The third-order valence-corrected chi connectivity index (χ3v) is 4.75. The molecule has 1 aliphatic heterocycles. The summed E-state index contributed by atoms with van der Waals surface area (Å²) in [4.78, 5) is 15.1. The molecule has 0 saturated carbocycles. The van der Waals surface area contributed by atoms with Crippen LogP contribution in [0.4, 0.5) is 21.8 Å². The van der Waals surface area contributed by atoms with Gasteiger partial charge in [0.2, 0.25) is 5.95 Å². The second-order valence-electron chi connectivity index (χ2n) is 6.74. The summed E-state index contributed by atoms with van der Waals surface area (Å²) >= 11 is 0. The number of nitriles is 1. The predicted octanol–water partition coefficient (Wildman–Crippen LogP) is 2.66. The lowest BCUT2D eigenvalue weighted by Crippen LogP contribution is -2.47. The van der Waals surface area contributed by atoms with Gasteiger partial charge >= 0.3 is 0 Å². The van der Waals surface area contributed by atoms with Gasteiger partial charge in [-0.05, 0) is 37.1 Å². The molecule has 2 aromatic rings. The minimum absolute atomic E-state index is 0.255. The third-order valence-electron chi connectivity index (χ3n) is 4.75. The van der Waals surface area contributed by atoms with E-state index in [2.05, 4.69) is 25.8 Å². The van der Waals surface area contributed by atoms with Gasteiger partial charge < -0.3 is 14.7 Å². The van der Waals surface area contributed by atoms with Crippen molar-refractivity contribution in [3.05, 3.63) is 41.8 Å². The number of nitrogens with zero attached hydrogens (tertiary/aromatic N) is 6. The first kappa shape index (κ1) is 17.9. The van der Waals surface area contributed by atoms with Gasteiger partial charge in [0, 0.05) is 46.5 Å². The van der Waals surface area contributed by atoms with Crippen molar-refractivity contribution in [2.24, 2.45) is 0 Å². The minimum Gasteiger partial charge on any atom is -0.368 e. The highest BCUT2D eigenvalue weighted by Gasteiger charge is 2.26. The van der Waals surface area contributed by atoms with E-state index in [0.717, 1.165) is 37.4 Å². The fraction of sp³-hybridized carbons (Fsp3) is 0.421. The van der Waals surface area contributed by atoms with Gasteiger partial charge in [-0.3, -0.25) is 0 Å². The first-order valence-corrected chi connectivity index (χ1v) is 8.67. The van der Waals surface area contributed by atoms with Crippen molar-refractivity contribution in [2.75, 3.05) is 48.9 Å². The topological polar surface area (TPSA) is 59.3 Å². The number of anilines is 3. The number of likely N-dealkylation sites (N-methyl/N-ethyl adjacent to an activating group) is 1. The molecule has 0 aliphatic carbocycles. The van der Waals surface area contributed by atoms with Crippen LogP contribution in [0.25, 0.3) is 0 Å². The Morgan fingerprint density at radius 2 is 2.08 bits per heavy atom. The number of aromatic nitrogens is 2. The Morgan fingerprint density at radius 1 is 1.27 bits per heavy atom. The first-order chi connectivity index (χ1) is 12.5. The van der Waals surface area contributed by atoms with Gasteiger partial charge in [-0.2, -0.15) is 10.2 Å². The standard InChI is InChI=1S/C19H23FN6/c1-24(2)19-22-9-8-18(23-19)25(3)16-5-4-10-26(13-16)17-7-6-15(20)11-14(17)12-21/h6-9,11,16H,4-5,10,13H2,1-3H3. The Balaban J connectivity index is 1.80. The van der Waals surface area contributed by atoms with Crippen molar-refractivity contribution in [3.63, 3.8) is 0 Å². The van der Waals surface area contributed by atoms with E-state index in [1.807, 2.05) is 32.1 Å². The zero-order chi connectivity index (χ0) is 18.7. The van der Waals surface area contributed by atoms with Crippen LogP contribution in [0.2, 0.25) is 0 Å². The van der Waals surface area contributed by atoms with Gasteiger partial charge in [0.25, 0.3) is 0 Å². The summed E-state index contributed by atoms with van der Waals surface area (Å²) < 4.78 is 13.4. The highest BCUT2D eigenvalue weighted by molar-refractivity contribution is 5.60. The van der Waals surface area contributed by atoms with Crippen LogP contribution in [-0.2, 0) is 0 Å². The Labute approximate surface area is 153 Å². The van der Waals surface area contributed by atoms with Crippen LogP contribution in [0.5, 0.6) is 0 Å². The molecule has 6 nitrogen and oxygen atoms in total. The number of benzene rings is 1. The summed E-state index contributed by atoms with van der Waals surface area (Å²) in [7, 11) is 5.87. The normalized spacial score (nSPS) is 16.9. The van der Waals surface area contributed by atoms with Crippen LogP contribution < -0.4 is 14.7 Å². The fourth-order valence-electron chi connectivity index (χ4n) is 3.30. The van der Waals surface area contributed by atoms with E-state index in [0.29, 0.717) is 11.5 Å². The first-order valence-electron chi connectivity index (χ1n) is 8.67. The molecule has 0 N–H and O–H groups in total. The predicted molar refractivity (Wildman–Crippen MR) is 101 cm³/mol. The van der Waals surface area contributed by atoms with Gasteiger partial charge in [0.05, 0.1) is 11.3 Å². The molecule has 1 aromatic carbocycles. The highest BCUT2D eigenvalue weighted by atomic mass is 19.1. The number of halogens is 1. The highest BCUT2D eigenvalue weighted by Crippen LogP contribution is 2.27. The van der Waals surface area contributed by atoms with Crippen LogP contribution in [0.3, 0.4) is 0 Å². The third kappa shape index (κ3) is 3.69. The molecule has 136 valence electrons. The van der Waals surface area contributed by atoms with E-state index < -0.39 is 0 Å². The molecule has 1 fully saturated rings. The van der Waals surface area contributed by atoms with E-state index in [9.17, 15) is 9.65 Å². The second kappa shape index (κ2) is 7.56. The van der Waals surface area contributed by atoms with Crippen LogP contribution in [0.15, 0.2) is 30.5 Å². The van der Waals surface area contributed by atoms with Crippen LogP contribution >= 0.6 is 0 Å². The number of hydrogen-bond donors (Lipinski definition) is 0. The Morgan fingerprint density at radius 3 is 2.81 bits per heavy atom. The molecular formula is C19H23FN6. The summed E-state index contributed by atoms with van der Waals surface area (Å²) in [6.45, 7) is 1.62. The van der Waals surface area contributed by atoms with E-state index in [-0.39, 0.29) is 11.9 Å². The zero-order valence-electron chi connectivity index (χ0n) is 15.4. The summed E-state index contributed by atoms with van der Waals surface area (Å²) in [6, 6.07) is 8.69. The molecule has 1 atom stereocenters. The van der Waals surface area contributed by atoms with Crippen molar-refractivity contribution in [1.29, 1.82) is 5.26 Å². The molecule has 0 bridgehead atoms. The lowest BCUT2D eigenvalue weighted by Gasteiger charge is -2.39. The average molecular weight is 354 g/mol. The largest absolute Gasteiger partial charge is 0.368 e. The Bertz CT molecular complexity index is 816. The SMILES string of the molecule is CN(C)c1nccc(N(C)C2CCCN(c3ccc(F)cc3C#N)C2)n1. The maximum atomic E-state index is 13.4. The van der Waals surface area contributed by atoms with Crippen molar-refractivity contribution < 1.29 is 4.39 Å². The van der Waals surface area contributed by atoms with E-state index in [4.69, 9.17) is 0 Å². The molecule has 0 spiro atoms.